The van der Waals surface area contributed by atoms with Crippen molar-refractivity contribution in [1.82, 2.24) is 0 Å². The molecule has 0 aliphatic rings. The molecule has 0 heterocycles. The molecule has 1 atom stereocenters. The second kappa shape index (κ2) is 6.23. The number of Topliss-reactive ketones (excluding diaryl/α,β-unsaturated/α-hetero) is 1. The first kappa shape index (κ1) is 12.7. The maximum atomic E-state index is 11.9. The molecule has 1 unspecified atom stereocenters. The van der Waals surface area contributed by atoms with Crippen LogP contribution in [0.1, 0.15) is 29.8 Å². The lowest BCUT2D eigenvalue weighted by molar-refractivity contribution is 0.0566. The van der Waals surface area contributed by atoms with Crippen molar-refractivity contribution in [1.29, 1.82) is 0 Å². The third kappa shape index (κ3) is 3.31. The minimum atomic E-state index is -0.412. The fraction of sp³-hybridized carbons (Fsp3) is 0.357. The molecule has 0 spiro atoms. The number of ketones is 1. The fourth-order valence-corrected chi connectivity index (χ4v) is 1.43. The summed E-state index contributed by atoms with van der Waals surface area (Å²) in [7, 11) is 0. The number of benzene rings is 1. The van der Waals surface area contributed by atoms with Crippen molar-refractivity contribution in [3.63, 3.8) is 0 Å². The summed E-state index contributed by atoms with van der Waals surface area (Å²) >= 11 is 0. The van der Waals surface area contributed by atoms with Crippen LogP contribution in [0.3, 0.4) is 0 Å². The third-order valence-corrected chi connectivity index (χ3v) is 2.48. The number of hydrogen-bond donors (Lipinski definition) is 0. The lowest BCUT2D eigenvalue weighted by Gasteiger charge is -2.10. The van der Waals surface area contributed by atoms with E-state index in [2.05, 4.69) is 13.5 Å². The van der Waals surface area contributed by atoms with Gasteiger partial charge in [-0.1, -0.05) is 37.3 Å². The van der Waals surface area contributed by atoms with Crippen LogP contribution in [0.2, 0.25) is 0 Å². The molecule has 16 heavy (non-hydrogen) atoms. The second-order valence-electron chi connectivity index (χ2n) is 3.68. The third-order valence-electron chi connectivity index (χ3n) is 2.48. The summed E-state index contributed by atoms with van der Waals surface area (Å²) in [6.07, 6.45) is 2.21. The van der Waals surface area contributed by atoms with E-state index in [0.717, 1.165) is 6.42 Å². The Morgan fingerprint density at radius 3 is 2.56 bits per heavy atom. The summed E-state index contributed by atoms with van der Waals surface area (Å²) in [5.41, 5.74) is 1.94. The molecule has 2 heteroatoms. The van der Waals surface area contributed by atoms with E-state index in [1.54, 1.807) is 13.0 Å². The molecule has 1 aromatic rings. The van der Waals surface area contributed by atoms with Crippen LogP contribution in [0.25, 0.3) is 0 Å². The molecule has 1 aromatic carbocycles. The highest BCUT2D eigenvalue weighted by Crippen LogP contribution is 2.09. The molecule has 1 rings (SSSR count). The zero-order valence-corrected chi connectivity index (χ0v) is 9.90. The first-order chi connectivity index (χ1) is 7.69. The van der Waals surface area contributed by atoms with Gasteiger partial charge in [0, 0.05) is 5.56 Å². The predicted octanol–water partition coefficient (Wildman–Crippen LogP) is 3.02. The molecule has 0 aliphatic carbocycles. The topological polar surface area (TPSA) is 26.3 Å². The van der Waals surface area contributed by atoms with Crippen LogP contribution in [-0.4, -0.2) is 18.5 Å². The Morgan fingerprint density at radius 2 is 2.06 bits per heavy atom. The Balaban J connectivity index is 2.68. The van der Waals surface area contributed by atoms with Gasteiger partial charge in [-0.15, -0.1) is 6.58 Å². The molecule has 0 amide bonds. The Kier molecular flexibility index (Phi) is 4.93. The molecule has 2 nitrogen and oxygen atoms in total. The molecule has 0 bridgehead atoms. The number of carbonyl (C=O) groups excluding carboxylic acids is 1. The molecule has 0 fully saturated rings. The summed E-state index contributed by atoms with van der Waals surface area (Å²) in [5, 5.41) is 0. The van der Waals surface area contributed by atoms with Gasteiger partial charge in [0.25, 0.3) is 0 Å². The molecule has 0 aromatic heterocycles. The maximum absolute atomic E-state index is 11.9. The maximum Gasteiger partial charge on any atom is 0.191 e. The van der Waals surface area contributed by atoms with Crippen LogP contribution < -0.4 is 0 Å². The van der Waals surface area contributed by atoms with Crippen LogP contribution in [0.15, 0.2) is 36.9 Å². The average Bonchev–Trinajstić information content (AvgIpc) is 2.35. The van der Waals surface area contributed by atoms with Gasteiger partial charge in [-0.3, -0.25) is 4.79 Å². The summed E-state index contributed by atoms with van der Waals surface area (Å²) in [6, 6.07) is 7.67. The first-order valence-electron chi connectivity index (χ1n) is 5.54. The summed E-state index contributed by atoms with van der Waals surface area (Å²) < 4.78 is 5.30. The standard InChI is InChI=1S/C14H18O2/c1-4-10-16-11(3)14(15)13-8-6-12(5-2)7-9-13/h4,6-9,11H,1,5,10H2,2-3H3. The number of ether oxygens (including phenoxy) is 1. The Hall–Kier alpha value is -1.41. The Bertz CT molecular complexity index is 352. The lowest BCUT2D eigenvalue weighted by atomic mass is 10.0. The number of hydrogen-bond acceptors (Lipinski definition) is 2. The molecule has 0 saturated heterocycles. The Morgan fingerprint density at radius 1 is 1.44 bits per heavy atom. The molecule has 0 saturated carbocycles. The SMILES string of the molecule is C=CCOC(C)C(=O)c1ccc(CC)cc1. The van der Waals surface area contributed by atoms with Crippen LogP contribution in [0, 0.1) is 0 Å². The molecule has 0 aliphatic heterocycles. The van der Waals surface area contributed by atoms with Crippen LogP contribution >= 0.6 is 0 Å². The van der Waals surface area contributed by atoms with Gasteiger partial charge in [0.1, 0.15) is 6.10 Å². The largest absolute Gasteiger partial charge is 0.366 e. The predicted molar refractivity (Wildman–Crippen MR) is 65.8 cm³/mol. The van der Waals surface area contributed by atoms with E-state index in [1.165, 1.54) is 5.56 Å². The summed E-state index contributed by atoms with van der Waals surface area (Å²) in [6.45, 7) is 7.81. The number of rotatable bonds is 6. The van der Waals surface area contributed by atoms with Gasteiger partial charge < -0.3 is 4.74 Å². The van der Waals surface area contributed by atoms with Crippen molar-refractivity contribution in [3.05, 3.63) is 48.0 Å². The van der Waals surface area contributed by atoms with E-state index in [4.69, 9.17) is 4.74 Å². The average molecular weight is 218 g/mol. The van der Waals surface area contributed by atoms with Gasteiger partial charge in [0.15, 0.2) is 5.78 Å². The zero-order valence-electron chi connectivity index (χ0n) is 9.90. The van der Waals surface area contributed by atoms with Crippen LogP contribution in [-0.2, 0) is 11.2 Å². The molecular weight excluding hydrogens is 200 g/mol. The highest BCUT2D eigenvalue weighted by atomic mass is 16.5. The minimum Gasteiger partial charge on any atom is -0.366 e. The van der Waals surface area contributed by atoms with Gasteiger partial charge >= 0.3 is 0 Å². The van der Waals surface area contributed by atoms with Crippen molar-refractivity contribution in [2.45, 2.75) is 26.4 Å². The normalized spacial score (nSPS) is 12.1. The quantitative estimate of drug-likeness (QED) is 0.542. The van der Waals surface area contributed by atoms with Crippen LogP contribution in [0.4, 0.5) is 0 Å². The van der Waals surface area contributed by atoms with Gasteiger partial charge in [-0.2, -0.15) is 0 Å². The van der Waals surface area contributed by atoms with E-state index in [1.807, 2.05) is 24.3 Å². The van der Waals surface area contributed by atoms with Crippen molar-refractivity contribution in [2.75, 3.05) is 6.61 Å². The van der Waals surface area contributed by atoms with E-state index in [-0.39, 0.29) is 5.78 Å². The van der Waals surface area contributed by atoms with Crippen LogP contribution in [0.5, 0.6) is 0 Å². The van der Waals surface area contributed by atoms with E-state index in [9.17, 15) is 4.79 Å². The van der Waals surface area contributed by atoms with Crippen molar-refractivity contribution >= 4 is 5.78 Å². The molecular formula is C14H18O2. The van der Waals surface area contributed by atoms with Crippen molar-refractivity contribution in [2.24, 2.45) is 0 Å². The number of aryl methyl sites for hydroxylation is 1. The lowest BCUT2D eigenvalue weighted by Crippen LogP contribution is -2.20. The monoisotopic (exact) mass is 218 g/mol. The highest BCUT2D eigenvalue weighted by Gasteiger charge is 2.14. The zero-order chi connectivity index (χ0) is 12.0. The first-order valence-corrected chi connectivity index (χ1v) is 5.54. The fourth-order valence-electron chi connectivity index (χ4n) is 1.43. The van der Waals surface area contributed by atoms with E-state index in [0.29, 0.717) is 12.2 Å². The highest BCUT2D eigenvalue weighted by molar-refractivity contribution is 5.99. The number of carbonyl (C=O) groups is 1. The van der Waals surface area contributed by atoms with Gasteiger partial charge in [0.2, 0.25) is 0 Å². The smallest absolute Gasteiger partial charge is 0.191 e. The second-order valence-corrected chi connectivity index (χ2v) is 3.68. The van der Waals surface area contributed by atoms with E-state index >= 15 is 0 Å². The van der Waals surface area contributed by atoms with Gasteiger partial charge in [0.05, 0.1) is 6.61 Å². The molecule has 86 valence electrons. The minimum absolute atomic E-state index is 0.0181. The molecule has 0 N–H and O–H groups in total. The van der Waals surface area contributed by atoms with Gasteiger partial charge in [-0.05, 0) is 18.9 Å². The summed E-state index contributed by atoms with van der Waals surface area (Å²) in [5.74, 6) is 0.0181. The van der Waals surface area contributed by atoms with Crippen molar-refractivity contribution in [3.8, 4) is 0 Å². The summed E-state index contributed by atoms with van der Waals surface area (Å²) in [4.78, 5) is 11.9. The van der Waals surface area contributed by atoms with Crippen molar-refractivity contribution < 1.29 is 9.53 Å². The van der Waals surface area contributed by atoms with Gasteiger partial charge in [-0.25, -0.2) is 0 Å². The Labute approximate surface area is 96.9 Å². The molecule has 0 radical (unpaired) electrons. The van der Waals surface area contributed by atoms with E-state index < -0.39 is 6.10 Å².